The number of aromatic carboxylic acids is 1. The topological polar surface area (TPSA) is 63.6 Å². The highest BCUT2D eigenvalue weighted by Crippen LogP contribution is 2.35. The zero-order valence-electron chi connectivity index (χ0n) is 14.1. The van der Waals surface area contributed by atoms with Crippen LogP contribution >= 0.6 is 11.3 Å². The summed E-state index contributed by atoms with van der Waals surface area (Å²) >= 11 is 1.58. The van der Waals surface area contributed by atoms with Crippen LogP contribution in [0.4, 0.5) is 0 Å². The third-order valence-corrected chi connectivity index (χ3v) is 4.91. The minimum Gasteiger partial charge on any atom is -0.496 e. The molecule has 2 aromatic carbocycles. The van der Waals surface area contributed by atoms with Gasteiger partial charge in [0, 0.05) is 21.6 Å². The molecule has 0 aliphatic heterocycles. The number of carbonyl (C=O) groups is 2. The molecule has 0 fully saturated rings. The minimum atomic E-state index is -1.03. The van der Waals surface area contributed by atoms with E-state index in [0.29, 0.717) is 16.7 Å². The fraction of sp³-hybridized carbons (Fsp3) is 0.0476. The highest BCUT2D eigenvalue weighted by Gasteiger charge is 2.16. The van der Waals surface area contributed by atoms with E-state index < -0.39 is 5.97 Å². The van der Waals surface area contributed by atoms with Gasteiger partial charge in [-0.05, 0) is 41.3 Å². The van der Waals surface area contributed by atoms with Crippen molar-refractivity contribution in [3.63, 3.8) is 0 Å². The average molecular weight is 364 g/mol. The Morgan fingerprint density at radius 1 is 1.00 bits per heavy atom. The fourth-order valence-electron chi connectivity index (χ4n) is 2.59. The molecule has 0 aliphatic rings. The van der Waals surface area contributed by atoms with E-state index in [0.717, 1.165) is 16.2 Å². The van der Waals surface area contributed by atoms with Gasteiger partial charge in [-0.2, -0.15) is 0 Å². The van der Waals surface area contributed by atoms with E-state index in [2.05, 4.69) is 6.58 Å². The maximum Gasteiger partial charge on any atom is 0.335 e. The van der Waals surface area contributed by atoms with E-state index in [1.54, 1.807) is 24.5 Å². The molecule has 0 saturated carbocycles. The predicted molar refractivity (Wildman–Crippen MR) is 103 cm³/mol. The standard InChI is InChI=1S/C21H16O4S/c1-13(20(22)14-5-7-15(8-6-14)21(23)24)16-9-10-18(25-2)17(12-16)19-4-3-11-26-19/h3-12H,1H2,2H3,(H,23,24). The Balaban J connectivity index is 1.93. The summed E-state index contributed by atoms with van der Waals surface area (Å²) in [6.45, 7) is 3.93. The second-order valence-electron chi connectivity index (χ2n) is 5.58. The Hall–Kier alpha value is -3.18. The molecule has 0 unspecified atom stereocenters. The molecule has 0 amide bonds. The first-order valence-corrected chi connectivity index (χ1v) is 8.68. The van der Waals surface area contributed by atoms with E-state index in [1.165, 1.54) is 24.3 Å². The molecule has 0 atom stereocenters. The van der Waals surface area contributed by atoms with Crippen molar-refractivity contribution in [3.05, 3.63) is 83.2 Å². The first kappa shape index (κ1) is 17.6. The van der Waals surface area contributed by atoms with Crippen molar-refractivity contribution in [2.75, 3.05) is 7.11 Å². The Labute approximate surface area is 155 Å². The number of methoxy groups -OCH3 is 1. The number of rotatable bonds is 6. The van der Waals surface area contributed by atoms with Crippen molar-refractivity contribution >= 4 is 28.7 Å². The summed E-state index contributed by atoms with van der Waals surface area (Å²) in [6, 6.07) is 15.3. The van der Waals surface area contributed by atoms with Crippen molar-refractivity contribution < 1.29 is 19.4 Å². The van der Waals surface area contributed by atoms with Gasteiger partial charge in [0.25, 0.3) is 0 Å². The Morgan fingerprint density at radius 2 is 1.65 bits per heavy atom. The van der Waals surface area contributed by atoms with Gasteiger partial charge in [-0.15, -0.1) is 11.3 Å². The first-order chi connectivity index (χ1) is 12.5. The predicted octanol–water partition coefficient (Wildman–Crippen LogP) is 5.02. The molecule has 4 nitrogen and oxygen atoms in total. The summed E-state index contributed by atoms with van der Waals surface area (Å²) in [5.41, 5.74) is 2.47. The molecular formula is C21H16O4S. The number of carbonyl (C=O) groups excluding carboxylic acids is 1. The lowest BCUT2D eigenvalue weighted by atomic mass is 9.95. The Bertz CT molecular complexity index is 970. The maximum atomic E-state index is 12.7. The van der Waals surface area contributed by atoms with Gasteiger partial charge in [-0.25, -0.2) is 4.79 Å². The Kier molecular flexibility index (Phi) is 5.00. The molecule has 3 rings (SSSR count). The van der Waals surface area contributed by atoms with Crippen LogP contribution in [0.5, 0.6) is 5.75 Å². The van der Waals surface area contributed by atoms with Crippen LogP contribution in [0.3, 0.4) is 0 Å². The molecule has 5 heteroatoms. The fourth-order valence-corrected chi connectivity index (χ4v) is 3.34. The number of ketones is 1. The van der Waals surface area contributed by atoms with Gasteiger partial charge < -0.3 is 9.84 Å². The van der Waals surface area contributed by atoms with Crippen LogP contribution in [-0.4, -0.2) is 24.0 Å². The average Bonchev–Trinajstić information content (AvgIpc) is 3.21. The maximum absolute atomic E-state index is 12.7. The zero-order chi connectivity index (χ0) is 18.7. The molecular weight excluding hydrogens is 348 g/mol. The summed E-state index contributed by atoms with van der Waals surface area (Å²) in [6.07, 6.45) is 0. The summed E-state index contributed by atoms with van der Waals surface area (Å²) in [7, 11) is 1.61. The van der Waals surface area contributed by atoms with Crippen molar-refractivity contribution in [2.45, 2.75) is 0 Å². The summed E-state index contributed by atoms with van der Waals surface area (Å²) in [5, 5.41) is 10.9. The highest BCUT2D eigenvalue weighted by atomic mass is 32.1. The van der Waals surface area contributed by atoms with Gasteiger partial charge in [-0.3, -0.25) is 4.79 Å². The molecule has 1 heterocycles. The molecule has 1 aromatic heterocycles. The molecule has 0 radical (unpaired) electrons. The molecule has 0 spiro atoms. The summed E-state index contributed by atoms with van der Waals surface area (Å²) in [5.74, 6) is -0.551. The summed E-state index contributed by atoms with van der Waals surface area (Å²) < 4.78 is 5.42. The van der Waals surface area contributed by atoms with Crippen LogP contribution in [0, 0.1) is 0 Å². The lowest BCUT2D eigenvalue weighted by molar-refractivity contribution is 0.0696. The van der Waals surface area contributed by atoms with Crippen LogP contribution in [0.15, 0.2) is 66.6 Å². The van der Waals surface area contributed by atoms with Crippen LogP contribution in [0.25, 0.3) is 16.0 Å². The smallest absolute Gasteiger partial charge is 0.335 e. The molecule has 0 aliphatic carbocycles. The van der Waals surface area contributed by atoms with E-state index in [9.17, 15) is 9.59 Å². The largest absolute Gasteiger partial charge is 0.496 e. The SMILES string of the molecule is C=C(C(=O)c1ccc(C(=O)O)cc1)c1ccc(OC)c(-c2cccs2)c1. The number of ether oxygens (including phenoxy) is 1. The van der Waals surface area contributed by atoms with Gasteiger partial charge in [0.05, 0.1) is 12.7 Å². The van der Waals surface area contributed by atoms with Crippen molar-refractivity contribution in [2.24, 2.45) is 0 Å². The lowest BCUT2D eigenvalue weighted by Gasteiger charge is -2.11. The molecule has 130 valence electrons. The number of Topliss-reactive ketones (excluding diaryl/α,β-unsaturated/α-hetero) is 1. The third kappa shape index (κ3) is 3.43. The quantitative estimate of drug-likeness (QED) is 0.493. The molecule has 26 heavy (non-hydrogen) atoms. The van der Waals surface area contributed by atoms with Crippen LogP contribution in [0.1, 0.15) is 26.3 Å². The van der Waals surface area contributed by atoms with Crippen molar-refractivity contribution in [3.8, 4) is 16.2 Å². The molecule has 1 N–H and O–H groups in total. The second kappa shape index (κ2) is 7.37. The third-order valence-electron chi connectivity index (χ3n) is 4.00. The van der Waals surface area contributed by atoms with E-state index >= 15 is 0 Å². The van der Waals surface area contributed by atoms with E-state index in [4.69, 9.17) is 9.84 Å². The normalized spacial score (nSPS) is 10.3. The number of hydrogen-bond donors (Lipinski definition) is 1. The lowest BCUT2D eigenvalue weighted by Crippen LogP contribution is -2.03. The zero-order valence-corrected chi connectivity index (χ0v) is 14.9. The highest BCUT2D eigenvalue weighted by molar-refractivity contribution is 7.13. The van der Waals surface area contributed by atoms with E-state index in [-0.39, 0.29) is 11.3 Å². The van der Waals surface area contributed by atoms with E-state index in [1.807, 2.05) is 29.6 Å². The van der Waals surface area contributed by atoms with Gasteiger partial charge in [0.15, 0.2) is 5.78 Å². The molecule has 0 bridgehead atoms. The first-order valence-electron chi connectivity index (χ1n) is 7.80. The minimum absolute atomic E-state index is 0.136. The molecule has 3 aromatic rings. The second-order valence-corrected chi connectivity index (χ2v) is 6.53. The number of carboxylic acid groups (broad SMARTS) is 1. The number of allylic oxidation sites excluding steroid dienone is 1. The number of benzene rings is 2. The van der Waals surface area contributed by atoms with Gasteiger partial charge in [-0.1, -0.05) is 30.8 Å². The number of thiophene rings is 1. The molecule has 0 saturated heterocycles. The van der Waals surface area contributed by atoms with Crippen LogP contribution < -0.4 is 4.74 Å². The number of hydrogen-bond acceptors (Lipinski definition) is 4. The van der Waals surface area contributed by atoms with Crippen LogP contribution in [0.2, 0.25) is 0 Å². The van der Waals surface area contributed by atoms with Crippen molar-refractivity contribution in [1.82, 2.24) is 0 Å². The van der Waals surface area contributed by atoms with Gasteiger partial charge in [0.2, 0.25) is 0 Å². The number of carboxylic acids is 1. The summed E-state index contributed by atoms with van der Waals surface area (Å²) in [4.78, 5) is 24.7. The van der Waals surface area contributed by atoms with Crippen LogP contribution in [-0.2, 0) is 0 Å². The monoisotopic (exact) mass is 364 g/mol. The van der Waals surface area contributed by atoms with Gasteiger partial charge in [0.1, 0.15) is 5.75 Å². The van der Waals surface area contributed by atoms with Crippen molar-refractivity contribution in [1.29, 1.82) is 0 Å². The van der Waals surface area contributed by atoms with Gasteiger partial charge >= 0.3 is 5.97 Å². The Morgan fingerprint density at radius 3 is 2.23 bits per heavy atom.